The second-order valence-electron chi connectivity index (χ2n) is 4.76. The lowest BCUT2D eigenvalue weighted by atomic mass is 10.0. The van der Waals surface area contributed by atoms with Crippen molar-refractivity contribution in [2.75, 3.05) is 13.1 Å². The lowest BCUT2D eigenvalue weighted by Gasteiger charge is -2.18. The summed E-state index contributed by atoms with van der Waals surface area (Å²) in [5, 5.41) is 5.74. The van der Waals surface area contributed by atoms with Crippen LogP contribution in [0.25, 0.3) is 0 Å². The summed E-state index contributed by atoms with van der Waals surface area (Å²) >= 11 is 0. The molecular formula is C13H15F3N2O. The lowest BCUT2D eigenvalue weighted by molar-refractivity contribution is -0.137. The highest BCUT2D eigenvalue weighted by atomic mass is 19.4. The van der Waals surface area contributed by atoms with Gasteiger partial charge < -0.3 is 10.6 Å². The van der Waals surface area contributed by atoms with Gasteiger partial charge in [-0.15, -0.1) is 0 Å². The highest BCUT2D eigenvalue weighted by Crippen LogP contribution is 2.31. The molecule has 0 aromatic heterocycles. The number of hydrogen-bond donors (Lipinski definition) is 2. The topological polar surface area (TPSA) is 41.1 Å². The highest BCUT2D eigenvalue weighted by molar-refractivity contribution is 5.96. The smallest absolute Gasteiger partial charge is 0.348 e. The minimum absolute atomic E-state index is 0.131. The lowest BCUT2D eigenvalue weighted by Crippen LogP contribution is -2.40. The van der Waals surface area contributed by atoms with E-state index < -0.39 is 17.6 Å². The minimum atomic E-state index is -4.52. The SMILES string of the molecule is CC1CNCC1NC(=O)c1ccccc1C(F)(F)F. The van der Waals surface area contributed by atoms with E-state index in [1.807, 2.05) is 6.92 Å². The third-order valence-corrected chi connectivity index (χ3v) is 3.31. The highest BCUT2D eigenvalue weighted by Gasteiger charge is 2.35. The van der Waals surface area contributed by atoms with Crippen LogP contribution in [0.15, 0.2) is 24.3 Å². The Bertz CT molecular complexity index is 473. The van der Waals surface area contributed by atoms with Crippen molar-refractivity contribution in [3.8, 4) is 0 Å². The van der Waals surface area contributed by atoms with E-state index in [2.05, 4.69) is 10.6 Å². The van der Waals surface area contributed by atoms with Gasteiger partial charge in [-0.3, -0.25) is 4.79 Å². The van der Waals surface area contributed by atoms with Gasteiger partial charge in [0.15, 0.2) is 0 Å². The summed E-state index contributed by atoms with van der Waals surface area (Å²) in [6.07, 6.45) is -4.52. The van der Waals surface area contributed by atoms with E-state index in [4.69, 9.17) is 0 Å². The number of alkyl halides is 3. The summed E-state index contributed by atoms with van der Waals surface area (Å²) in [6.45, 7) is 3.29. The Kier molecular flexibility index (Phi) is 3.80. The average molecular weight is 272 g/mol. The third kappa shape index (κ3) is 3.07. The van der Waals surface area contributed by atoms with Gasteiger partial charge in [0.2, 0.25) is 0 Å². The number of hydrogen-bond acceptors (Lipinski definition) is 2. The molecule has 0 bridgehead atoms. The molecule has 1 aromatic rings. The number of rotatable bonds is 2. The van der Waals surface area contributed by atoms with Crippen LogP contribution in [0.2, 0.25) is 0 Å². The molecule has 1 aromatic carbocycles. The monoisotopic (exact) mass is 272 g/mol. The molecule has 0 aliphatic carbocycles. The first-order chi connectivity index (χ1) is 8.89. The Morgan fingerprint density at radius 3 is 2.58 bits per heavy atom. The van der Waals surface area contributed by atoms with Crippen LogP contribution in [0.3, 0.4) is 0 Å². The molecule has 1 aliphatic heterocycles. The normalized spacial score (nSPS) is 23.4. The van der Waals surface area contributed by atoms with E-state index in [1.54, 1.807) is 0 Å². The van der Waals surface area contributed by atoms with Crippen molar-refractivity contribution in [1.29, 1.82) is 0 Å². The second-order valence-corrected chi connectivity index (χ2v) is 4.76. The predicted molar refractivity (Wildman–Crippen MR) is 64.7 cm³/mol. The number of nitrogens with one attached hydrogen (secondary N) is 2. The fourth-order valence-electron chi connectivity index (χ4n) is 2.18. The fourth-order valence-corrected chi connectivity index (χ4v) is 2.18. The predicted octanol–water partition coefficient (Wildman–Crippen LogP) is 2.04. The molecule has 1 aliphatic rings. The summed E-state index contributed by atoms with van der Waals surface area (Å²) < 4.78 is 38.4. The molecule has 2 atom stereocenters. The molecule has 0 saturated carbocycles. The van der Waals surface area contributed by atoms with Crippen molar-refractivity contribution in [3.63, 3.8) is 0 Å². The molecule has 104 valence electrons. The van der Waals surface area contributed by atoms with Crippen LogP contribution in [-0.2, 0) is 6.18 Å². The van der Waals surface area contributed by atoms with Gasteiger partial charge in [-0.2, -0.15) is 13.2 Å². The van der Waals surface area contributed by atoms with Crippen molar-refractivity contribution >= 4 is 5.91 Å². The summed E-state index contributed by atoms with van der Waals surface area (Å²) in [5.74, 6) is -0.463. The molecule has 0 radical (unpaired) electrons. The van der Waals surface area contributed by atoms with Gasteiger partial charge in [-0.25, -0.2) is 0 Å². The third-order valence-electron chi connectivity index (χ3n) is 3.31. The summed E-state index contributed by atoms with van der Waals surface area (Å²) in [7, 11) is 0. The van der Waals surface area contributed by atoms with Crippen LogP contribution >= 0.6 is 0 Å². The van der Waals surface area contributed by atoms with Crippen LogP contribution in [0, 0.1) is 5.92 Å². The first kappa shape index (κ1) is 13.9. The van der Waals surface area contributed by atoms with Crippen LogP contribution in [0.1, 0.15) is 22.8 Å². The van der Waals surface area contributed by atoms with Gasteiger partial charge in [-0.1, -0.05) is 19.1 Å². The van der Waals surface area contributed by atoms with E-state index in [0.717, 1.165) is 12.6 Å². The van der Waals surface area contributed by atoms with Crippen molar-refractivity contribution in [1.82, 2.24) is 10.6 Å². The molecule has 6 heteroatoms. The van der Waals surface area contributed by atoms with Gasteiger partial charge in [0.05, 0.1) is 11.1 Å². The molecule has 1 fully saturated rings. The van der Waals surface area contributed by atoms with Crippen molar-refractivity contribution in [2.45, 2.75) is 19.1 Å². The van der Waals surface area contributed by atoms with E-state index in [0.29, 0.717) is 6.54 Å². The summed E-state index contributed by atoms with van der Waals surface area (Å²) in [5.41, 5.74) is -1.22. The number of amides is 1. The molecular weight excluding hydrogens is 257 g/mol. The summed E-state index contributed by atoms with van der Waals surface area (Å²) in [6, 6.07) is 4.70. The van der Waals surface area contributed by atoms with Crippen LogP contribution in [0.4, 0.5) is 13.2 Å². The van der Waals surface area contributed by atoms with Crippen molar-refractivity contribution < 1.29 is 18.0 Å². The van der Waals surface area contributed by atoms with E-state index in [1.165, 1.54) is 18.2 Å². The molecule has 1 heterocycles. The Balaban J connectivity index is 2.20. The standard InChI is InChI=1S/C13H15F3N2O/c1-8-6-17-7-11(8)18-12(19)9-4-2-3-5-10(9)13(14,15)16/h2-5,8,11,17H,6-7H2,1H3,(H,18,19). The van der Waals surface area contributed by atoms with Gasteiger partial charge in [0.1, 0.15) is 0 Å². The van der Waals surface area contributed by atoms with Crippen LogP contribution < -0.4 is 10.6 Å². The zero-order valence-electron chi connectivity index (χ0n) is 10.4. The molecule has 3 nitrogen and oxygen atoms in total. The number of halogens is 3. The van der Waals surface area contributed by atoms with Crippen molar-refractivity contribution in [2.24, 2.45) is 5.92 Å². The molecule has 2 unspecified atom stereocenters. The van der Waals surface area contributed by atoms with Gasteiger partial charge >= 0.3 is 6.18 Å². The quantitative estimate of drug-likeness (QED) is 0.865. The van der Waals surface area contributed by atoms with Crippen LogP contribution in [0.5, 0.6) is 0 Å². The molecule has 1 saturated heterocycles. The first-order valence-electron chi connectivity index (χ1n) is 6.07. The Labute approximate surface area is 109 Å². The Hall–Kier alpha value is -1.56. The molecule has 1 amide bonds. The Morgan fingerprint density at radius 1 is 1.32 bits per heavy atom. The number of carbonyl (C=O) groups is 1. The van der Waals surface area contributed by atoms with Crippen LogP contribution in [-0.4, -0.2) is 25.0 Å². The van der Waals surface area contributed by atoms with E-state index in [-0.39, 0.29) is 17.5 Å². The van der Waals surface area contributed by atoms with Crippen molar-refractivity contribution in [3.05, 3.63) is 35.4 Å². The maximum atomic E-state index is 12.8. The fraction of sp³-hybridized carbons (Fsp3) is 0.462. The van der Waals surface area contributed by atoms with E-state index >= 15 is 0 Å². The molecule has 0 spiro atoms. The molecule has 2 rings (SSSR count). The molecule has 2 N–H and O–H groups in total. The largest absolute Gasteiger partial charge is 0.417 e. The molecule has 19 heavy (non-hydrogen) atoms. The zero-order chi connectivity index (χ0) is 14.0. The maximum absolute atomic E-state index is 12.8. The van der Waals surface area contributed by atoms with Gasteiger partial charge in [0.25, 0.3) is 5.91 Å². The first-order valence-corrected chi connectivity index (χ1v) is 6.07. The minimum Gasteiger partial charge on any atom is -0.348 e. The number of carbonyl (C=O) groups excluding carboxylic acids is 1. The zero-order valence-corrected chi connectivity index (χ0v) is 10.4. The maximum Gasteiger partial charge on any atom is 0.417 e. The Morgan fingerprint density at radius 2 is 2.00 bits per heavy atom. The van der Waals surface area contributed by atoms with Gasteiger partial charge in [0, 0.05) is 12.6 Å². The second kappa shape index (κ2) is 5.21. The van der Waals surface area contributed by atoms with Gasteiger partial charge in [-0.05, 0) is 24.6 Å². The van der Waals surface area contributed by atoms with E-state index in [9.17, 15) is 18.0 Å². The average Bonchev–Trinajstić information content (AvgIpc) is 2.74. The summed E-state index contributed by atoms with van der Waals surface area (Å²) in [4.78, 5) is 12.0. The number of benzene rings is 1.